The fourth-order valence-electron chi connectivity index (χ4n) is 2.56. The molecule has 0 aliphatic carbocycles. The van der Waals surface area contributed by atoms with Gasteiger partial charge in [0.25, 0.3) is 0 Å². The smallest absolute Gasteiger partial charge is 0.0897 e. The van der Waals surface area contributed by atoms with Crippen molar-refractivity contribution in [2.24, 2.45) is 0 Å². The quantitative estimate of drug-likeness (QED) is 0.875. The second kappa shape index (κ2) is 6.61. The number of hydrogen-bond acceptors (Lipinski definition) is 5. The lowest BCUT2D eigenvalue weighted by Crippen LogP contribution is -2.44. The summed E-state index contributed by atoms with van der Waals surface area (Å²) in [5, 5.41) is 10.4. The van der Waals surface area contributed by atoms with Gasteiger partial charge >= 0.3 is 0 Å². The van der Waals surface area contributed by atoms with E-state index in [0.29, 0.717) is 6.04 Å². The van der Waals surface area contributed by atoms with Crippen LogP contribution >= 0.6 is 11.3 Å². The first kappa shape index (κ1) is 13.9. The third-order valence-corrected chi connectivity index (χ3v) is 4.52. The molecule has 18 heavy (non-hydrogen) atoms. The van der Waals surface area contributed by atoms with E-state index in [-0.39, 0.29) is 6.61 Å². The van der Waals surface area contributed by atoms with E-state index in [1.807, 2.05) is 13.1 Å². The highest BCUT2D eigenvalue weighted by atomic mass is 32.1. The van der Waals surface area contributed by atoms with E-state index in [4.69, 9.17) is 0 Å². The van der Waals surface area contributed by atoms with Gasteiger partial charge in [-0.25, -0.2) is 4.98 Å². The predicted molar refractivity (Wildman–Crippen MR) is 74.9 cm³/mol. The van der Waals surface area contributed by atoms with Crippen LogP contribution in [0.5, 0.6) is 0 Å². The highest BCUT2D eigenvalue weighted by molar-refractivity contribution is 7.11. The van der Waals surface area contributed by atoms with Crippen molar-refractivity contribution in [2.45, 2.75) is 32.4 Å². The minimum absolute atomic E-state index is 0.240. The SMILES string of the molecule is Cc1ncc(CN(CCO)C2CCN(C)CC2)s1. The first-order valence-electron chi connectivity index (χ1n) is 6.64. The zero-order chi connectivity index (χ0) is 13.0. The summed E-state index contributed by atoms with van der Waals surface area (Å²) in [5.74, 6) is 0. The number of thiazole rings is 1. The number of aromatic nitrogens is 1. The number of rotatable bonds is 5. The van der Waals surface area contributed by atoms with Gasteiger partial charge in [-0.15, -0.1) is 11.3 Å². The third kappa shape index (κ3) is 3.75. The van der Waals surface area contributed by atoms with Gasteiger partial charge in [-0.3, -0.25) is 4.90 Å². The summed E-state index contributed by atoms with van der Waals surface area (Å²) in [6, 6.07) is 0.607. The summed E-state index contributed by atoms with van der Waals surface area (Å²) in [4.78, 5) is 10.4. The Labute approximate surface area is 113 Å². The van der Waals surface area contributed by atoms with Crippen LogP contribution in [0.25, 0.3) is 0 Å². The zero-order valence-corrected chi connectivity index (χ0v) is 12.1. The molecular formula is C13H23N3OS. The fourth-order valence-corrected chi connectivity index (χ4v) is 3.38. The Balaban J connectivity index is 1.94. The number of aliphatic hydroxyl groups is 1. The van der Waals surface area contributed by atoms with Gasteiger partial charge in [-0.2, -0.15) is 0 Å². The van der Waals surface area contributed by atoms with Crippen LogP contribution in [0.4, 0.5) is 0 Å². The summed E-state index contributed by atoms with van der Waals surface area (Å²) >= 11 is 1.76. The van der Waals surface area contributed by atoms with E-state index in [1.165, 1.54) is 17.7 Å². The molecule has 1 aliphatic rings. The molecule has 0 spiro atoms. The Hall–Kier alpha value is -0.490. The van der Waals surface area contributed by atoms with Crippen molar-refractivity contribution < 1.29 is 5.11 Å². The Kier molecular flexibility index (Phi) is 5.12. The molecule has 1 N–H and O–H groups in total. The highest BCUT2D eigenvalue weighted by Gasteiger charge is 2.23. The van der Waals surface area contributed by atoms with Crippen LogP contribution in [-0.4, -0.2) is 59.2 Å². The summed E-state index contributed by atoms with van der Waals surface area (Å²) in [5.41, 5.74) is 0. The molecule has 2 rings (SSSR count). The molecule has 0 radical (unpaired) electrons. The summed E-state index contributed by atoms with van der Waals surface area (Å²) in [6.45, 7) is 6.30. The lowest BCUT2D eigenvalue weighted by molar-refractivity contribution is 0.0949. The summed E-state index contributed by atoms with van der Waals surface area (Å²) < 4.78 is 0. The third-order valence-electron chi connectivity index (χ3n) is 3.62. The van der Waals surface area contributed by atoms with Crippen molar-refractivity contribution in [3.63, 3.8) is 0 Å². The first-order chi connectivity index (χ1) is 8.69. The maximum Gasteiger partial charge on any atom is 0.0897 e. The monoisotopic (exact) mass is 269 g/mol. The molecule has 1 fully saturated rings. The number of aliphatic hydroxyl groups excluding tert-OH is 1. The van der Waals surface area contributed by atoms with Crippen molar-refractivity contribution in [2.75, 3.05) is 33.3 Å². The second-order valence-corrected chi connectivity index (χ2v) is 6.39. The largest absolute Gasteiger partial charge is 0.395 e. The maximum atomic E-state index is 9.24. The molecule has 1 aromatic heterocycles. The van der Waals surface area contributed by atoms with Gasteiger partial charge in [-0.05, 0) is 39.9 Å². The van der Waals surface area contributed by atoms with Gasteiger partial charge in [0.05, 0.1) is 11.6 Å². The molecule has 1 aliphatic heterocycles. The normalized spacial score (nSPS) is 18.7. The summed E-state index contributed by atoms with van der Waals surface area (Å²) in [7, 11) is 2.18. The summed E-state index contributed by atoms with van der Waals surface area (Å²) in [6.07, 6.45) is 4.38. The van der Waals surface area contributed by atoms with Gasteiger partial charge in [0.2, 0.25) is 0 Å². The molecule has 0 aromatic carbocycles. The van der Waals surface area contributed by atoms with E-state index in [1.54, 1.807) is 11.3 Å². The number of nitrogens with zero attached hydrogens (tertiary/aromatic N) is 3. The molecule has 4 nitrogen and oxygen atoms in total. The van der Waals surface area contributed by atoms with Crippen LogP contribution in [-0.2, 0) is 6.54 Å². The fraction of sp³-hybridized carbons (Fsp3) is 0.769. The van der Waals surface area contributed by atoms with Crippen molar-refractivity contribution in [1.82, 2.24) is 14.8 Å². The van der Waals surface area contributed by atoms with E-state index in [0.717, 1.165) is 31.2 Å². The van der Waals surface area contributed by atoms with Gasteiger partial charge in [0.1, 0.15) is 0 Å². The predicted octanol–water partition coefficient (Wildman–Crippen LogP) is 1.34. The average Bonchev–Trinajstić information content (AvgIpc) is 2.75. The average molecular weight is 269 g/mol. The van der Waals surface area contributed by atoms with Gasteiger partial charge in [0, 0.05) is 30.2 Å². The van der Waals surface area contributed by atoms with Crippen molar-refractivity contribution >= 4 is 11.3 Å². The molecular weight excluding hydrogens is 246 g/mol. The standard InChI is InChI=1S/C13H23N3OS/c1-11-14-9-13(18-11)10-16(7-8-17)12-3-5-15(2)6-4-12/h9,12,17H,3-8,10H2,1-2H3. The Morgan fingerprint density at radius 3 is 2.78 bits per heavy atom. The highest BCUT2D eigenvalue weighted by Crippen LogP contribution is 2.20. The number of hydrogen-bond donors (Lipinski definition) is 1. The van der Waals surface area contributed by atoms with Gasteiger partial charge < -0.3 is 10.0 Å². The van der Waals surface area contributed by atoms with Crippen LogP contribution < -0.4 is 0 Å². The maximum absolute atomic E-state index is 9.24. The van der Waals surface area contributed by atoms with E-state index >= 15 is 0 Å². The first-order valence-corrected chi connectivity index (χ1v) is 7.45. The van der Waals surface area contributed by atoms with Crippen molar-refractivity contribution in [3.05, 3.63) is 16.1 Å². The molecule has 102 valence electrons. The topological polar surface area (TPSA) is 39.6 Å². The molecule has 2 heterocycles. The molecule has 0 bridgehead atoms. The molecule has 0 unspecified atom stereocenters. The molecule has 1 aromatic rings. The Bertz CT molecular complexity index is 361. The second-order valence-electron chi connectivity index (χ2n) is 5.07. The molecule has 0 atom stereocenters. The molecule has 1 saturated heterocycles. The van der Waals surface area contributed by atoms with Crippen LogP contribution in [0.2, 0.25) is 0 Å². The Morgan fingerprint density at radius 1 is 1.50 bits per heavy atom. The lowest BCUT2D eigenvalue weighted by atomic mass is 10.0. The van der Waals surface area contributed by atoms with E-state index in [9.17, 15) is 5.11 Å². The number of likely N-dealkylation sites (tertiary alicyclic amines) is 1. The van der Waals surface area contributed by atoms with Crippen molar-refractivity contribution in [3.8, 4) is 0 Å². The van der Waals surface area contributed by atoms with Gasteiger partial charge in [0.15, 0.2) is 0 Å². The zero-order valence-electron chi connectivity index (χ0n) is 11.3. The van der Waals surface area contributed by atoms with Crippen LogP contribution in [0.15, 0.2) is 6.20 Å². The van der Waals surface area contributed by atoms with Gasteiger partial charge in [-0.1, -0.05) is 0 Å². The van der Waals surface area contributed by atoms with Crippen LogP contribution in [0.1, 0.15) is 22.7 Å². The van der Waals surface area contributed by atoms with Crippen LogP contribution in [0.3, 0.4) is 0 Å². The van der Waals surface area contributed by atoms with Crippen molar-refractivity contribution in [1.29, 1.82) is 0 Å². The van der Waals surface area contributed by atoms with E-state index < -0.39 is 0 Å². The molecule has 5 heteroatoms. The lowest BCUT2D eigenvalue weighted by Gasteiger charge is -2.36. The molecule has 0 saturated carbocycles. The minimum Gasteiger partial charge on any atom is -0.395 e. The van der Waals surface area contributed by atoms with Crippen LogP contribution in [0, 0.1) is 6.92 Å². The number of piperidine rings is 1. The number of aryl methyl sites for hydroxylation is 1. The van der Waals surface area contributed by atoms with E-state index in [2.05, 4.69) is 21.8 Å². The Morgan fingerprint density at radius 2 is 2.22 bits per heavy atom. The molecule has 0 amide bonds. The minimum atomic E-state index is 0.240.